The lowest BCUT2D eigenvalue weighted by Gasteiger charge is -2.41. The van der Waals surface area contributed by atoms with E-state index in [1.807, 2.05) is 13.0 Å². The van der Waals surface area contributed by atoms with Gasteiger partial charge in [-0.15, -0.1) is 0 Å². The zero-order chi connectivity index (χ0) is 14.5. The predicted molar refractivity (Wildman–Crippen MR) is 82.4 cm³/mol. The molecule has 110 valence electrons. The minimum Gasteiger partial charge on any atom is -0.337 e. The molecule has 2 atom stereocenters. The Bertz CT molecular complexity index is 430. The number of rotatable bonds is 4. The van der Waals surface area contributed by atoms with E-state index in [0.29, 0.717) is 18.4 Å². The third-order valence-corrected chi connectivity index (χ3v) is 3.99. The number of nitrogens with one attached hydrogen (secondary N) is 1. The maximum absolute atomic E-state index is 12.2. The SMILES string of the molecule is CCC(=O)N1CC(c2ccccc2)NCC1CC(C)C. The number of carbonyl (C=O) groups is 1. The Morgan fingerprint density at radius 1 is 1.35 bits per heavy atom. The lowest BCUT2D eigenvalue weighted by Crippen LogP contribution is -2.55. The molecule has 1 fully saturated rings. The summed E-state index contributed by atoms with van der Waals surface area (Å²) in [6.45, 7) is 8.07. The Morgan fingerprint density at radius 3 is 2.65 bits per heavy atom. The molecule has 1 aliphatic heterocycles. The second-order valence-electron chi connectivity index (χ2n) is 6.05. The summed E-state index contributed by atoms with van der Waals surface area (Å²) < 4.78 is 0. The quantitative estimate of drug-likeness (QED) is 0.915. The minimum absolute atomic E-state index is 0.259. The standard InChI is InChI=1S/C17H26N2O/c1-4-17(20)19-12-16(14-8-6-5-7-9-14)18-11-15(19)10-13(2)3/h5-9,13,15-16,18H,4,10-12H2,1-3H3. The molecule has 1 aliphatic rings. The molecule has 20 heavy (non-hydrogen) atoms. The van der Waals surface area contributed by atoms with Crippen LogP contribution < -0.4 is 5.32 Å². The van der Waals surface area contributed by atoms with Crippen molar-refractivity contribution in [3.8, 4) is 0 Å². The van der Waals surface area contributed by atoms with Crippen molar-refractivity contribution in [2.45, 2.75) is 45.7 Å². The molecular weight excluding hydrogens is 248 g/mol. The molecule has 3 nitrogen and oxygen atoms in total. The van der Waals surface area contributed by atoms with Gasteiger partial charge < -0.3 is 10.2 Å². The van der Waals surface area contributed by atoms with Crippen molar-refractivity contribution in [1.29, 1.82) is 0 Å². The van der Waals surface area contributed by atoms with E-state index in [4.69, 9.17) is 0 Å². The van der Waals surface area contributed by atoms with Crippen LogP contribution in [0, 0.1) is 5.92 Å². The number of nitrogens with zero attached hydrogens (tertiary/aromatic N) is 1. The molecular formula is C17H26N2O. The first-order chi connectivity index (χ1) is 9.61. The molecule has 1 N–H and O–H groups in total. The Labute approximate surface area is 122 Å². The number of carbonyl (C=O) groups excluding carboxylic acids is 1. The van der Waals surface area contributed by atoms with E-state index in [-0.39, 0.29) is 11.9 Å². The van der Waals surface area contributed by atoms with E-state index in [1.54, 1.807) is 0 Å². The fourth-order valence-corrected chi connectivity index (χ4v) is 2.97. The lowest BCUT2D eigenvalue weighted by molar-refractivity contribution is -0.135. The van der Waals surface area contributed by atoms with Crippen molar-refractivity contribution in [1.82, 2.24) is 10.2 Å². The fraction of sp³-hybridized carbons (Fsp3) is 0.588. The van der Waals surface area contributed by atoms with E-state index in [9.17, 15) is 4.79 Å². The molecule has 1 aromatic carbocycles. The van der Waals surface area contributed by atoms with Gasteiger partial charge in [0.05, 0.1) is 0 Å². The molecule has 1 amide bonds. The predicted octanol–water partition coefficient (Wildman–Crippen LogP) is 2.98. The molecule has 2 unspecified atom stereocenters. The molecule has 1 saturated heterocycles. The van der Waals surface area contributed by atoms with Crippen LogP contribution in [0.25, 0.3) is 0 Å². The zero-order valence-corrected chi connectivity index (χ0v) is 12.8. The fourth-order valence-electron chi connectivity index (χ4n) is 2.97. The lowest BCUT2D eigenvalue weighted by atomic mass is 9.96. The summed E-state index contributed by atoms with van der Waals surface area (Å²) in [5.74, 6) is 0.889. The second kappa shape index (κ2) is 6.89. The van der Waals surface area contributed by atoms with Crippen LogP contribution in [0.1, 0.15) is 45.2 Å². The first-order valence-electron chi connectivity index (χ1n) is 7.69. The van der Waals surface area contributed by atoms with Crippen molar-refractivity contribution in [3.63, 3.8) is 0 Å². The summed E-state index contributed by atoms with van der Waals surface area (Å²) in [5, 5.41) is 3.61. The number of hydrogen-bond acceptors (Lipinski definition) is 2. The summed E-state index contributed by atoms with van der Waals surface area (Å²) in [7, 11) is 0. The molecule has 1 heterocycles. The van der Waals surface area contributed by atoms with Gasteiger partial charge in [0.15, 0.2) is 0 Å². The van der Waals surface area contributed by atoms with Crippen LogP contribution in [0.15, 0.2) is 30.3 Å². The van der Waals surface area contributed by atoms with Gasteiger partial charge in [-0.05, 0) is 17.9 Å². The van der Waals surface area contributed by atoms with Gasteiger partial charge in [0, 0.05) is 31.6 Å². The summed E-state index contributed by atoms with van der Waals surface area (Å²) >= 11 is 0. The highest BCUT2D eigenvalue weighted by Crippen LogP contribution is 2.23. The third kappa shape index (κ3) is 3.60. The molecule has 3 heteroatoms. The van der Waals surface area contributed by atoms with E-state index >= 15 is 0 Å². The van der Waals surface area contributed by atoms with Gasteiger partial charge in [-0.2, -0.15) is 0 Å². The second-order valence-corrected chi connectivity index (χ2v) is 6.05. The Morgan fingerprint density at radius 2 is 2.05 bits per heavy atom. The highest BCUT2D eigenvalue weighted by Gasteiger charge is 2.31. The van der Waals surface area contributed by atoms with Crippen LogP contribution in [0.5, 0.6) is 0 Å². The summed E-state index contributed by atoms with van der Waals surface area (Å²) in [6.07, 6.45) is 1.66. The summed E-state index contributed by atoms with van der Waals surface area (Å²) in [6, 6.07) is 11.0. The van der Waals surface area contributed by atoms with E-state index in [1.165, 1.54) is 5.56 Å². The van der Waals surface area contributed by atoms with Crippen molar-refractivity contribution in [2.24, 2.45) is 5.92 Å². The van der Waals surface area contributed by atoms with Crippen LogP contribution in [-0.2, 0) is 4.79 Å². The number of benzene rings is 1. The van der Waals surface area contributed by atoms with Crippen molar-refractivity contribution in [2.75, 3.05) is 13.1 Å². The third-order valence-electron chi connectivity index (χ3n) is 3.99. The zero-order valence-electron chi connectivity index (χ0n) is 12.8. The molecule has 0 aliphatic carbocycles. The van der Waals surface area contributed by atoms with Gasteiger partial charge in [-0.1, -0.05) is 51.1 Å². The van der Waals surface area contributed by atoms with Crippen LogP contribution in [0.2, 0.25) is 0 Å². The molecule has 1 aromatic rings. The van der Waals surface area contributed by atoms with Crippen molar-refractivity contribution in [3.05, 3.63) is 35.9 Å². The van der Waals surface area contributed by atoms with E-state index < -0.39 is 0 Å². The maximum Gasteiger partial charge on any atom is 0.222 e. The largest absolute Gasteiger partial charge is 0.337 e. The number of piperazine rings is 1. The molecule has 0 aromatic heterocycles. The van der Waals surface area contributed by atoms with E-state index in [2.05, 4.69) is 48.3 Å². The highest BCUT2D eigenvalue weighted by molar-refractivity contribution is 5.76. The van der Waals surface area contributed by atoms with E-state index in [0.717, 1.165) is 19.5 Å². The summed E-state index contributed by atoms with van der Waals surface area (Å²) in [4.78, 5) is 14.3. The first-order valence-corrected chi connectivity index (χ1v) is 7.69. The first kappa shape index (κ1) is 15.0. The Hall–Kier alpha value is -1.35. The summed E-state index contributed by atoms with van der Waals surface area (Å²) in [5.41, 5.74) is 1.27. The maximum atomic E-state index is 12.2. The van der Waals surface area contributed by atoms with Gasteiger partial charge >= 0.3 is 0 Å². The van der Waals surface area contributed by atoms with Crippen LogP contribution in [-0.4, -0.2) is 29.9 Å². The van der Waals surface area contributed by atoms with Crippen LogP contribution in [0.4, 0.5) is 0 Å². The van der Waals surface area contributed by atoms with Crippen LogP contribution >= 0.6 is 0 Å². The number of hydrogen-bond donors (Lipinski definition) is 1. The van der Waals surface area contributed by atoms with Gasteiger partial charge in [0.2, 0.25) is 5.91 Å². The number of amides is 1. The molecule has 2 rings (SSSR count). The normalized spacial score (nSPS) is 23.1. The minimum atomic E-state index is 0.259. The molecule has 0 radical (unpaired) electrons. The van der Waals surface area contributed by atoms with Gasteiger partial charge in [-0.3, -0.25) is 4.79 Å². The highest BCUT2D eigenvalue weighted by atomic mass is 16.2. The van der Waals surface area contributed by atoms with Crippen LogP contribution in [0.3, 0.4) is 0 Å². The topological polar surface area (TPSA) is 32.3 Å². The average Bonchev–Trinajstić information content (AvgIpc) is 2.47. The molecule has 0 spiro atoms. The molecule has 0 bridgehead atoms. The molecule has 0 saturated carbocycles. The Kier molecular flexibility index (Phi) is 5.18. The van der Waals surface area contributed by atoms with Gasteiger partial charge in [-0.25, -0.2) is 0 Å². The van der Waals surface area contributed by atoms with Gasteiger partial charge in [0.25, 0.3) is 0 Å². The van der Waals surface area contributed by atoms with Crippen molar-refractivity contribution >= 4 is 5.91 Å². The van der Waals surface area contributed by atoms with Gasteiger partial charge in [0.1, 0.15) is 0 Å². The Balaban J connectivity index is 2.11. The monoisotopic (exact) mass is 274 g/mol. The smallest absolute Gasteiger partial charge is 0.222 e. The average molecular weight is 274 g/mol. The van der Waals surface area contributed by atoms with Crippen molar-refractivity contribution < 1.29 is 4.79 Å².